The van der Waals surface area contributed by atoms with E-state index in [2.05, 4.69) is 0 Å². The molecular formula is C16H16O3S. The lowest BCUT2D eigenvalue weighted by Gasteiger charge is -2.07. The highest BCUT2D eigenvalue weighted by molar-refractivity contribution is 7.99. The summed E-state index contributed by atoms with van der Waals surface area (Å²) in [6.45, 7) is 1.91. The molecule has 4 heteroatoms. The average molecular weight is 288 g/mol. The van der Waals surface area contributed by atoms with E-state index in [1.54, 1.807) is 24.9 Å². The van der Waals surface area contributed by atoms with E-state index in [9.17, 15) is 4.79 Å². The van der Waals surface area contributed by atoms with Gasteiger partial charge in [-0.25, -0.2) is 4.79 Å². The number of benzene rings is 2. The van der Waals surface area contributed by atoms with Crippen molar-refractivity contribution >= 4 is 17.7 Å². The SMILES string of the molecule is COC(=O)c1ccc(Sc2ccc(OC)cc2)cc1C. The minimum atomic E-state index is -0.302. The normalized spacial score (nSPS) is 10.2. The van der Waals surface area contributed by atoms with Gasteiger partial charge in [-0.2, -0.15) is 0 Å². The minimum Gasteiger partial charge on any atom is -0.497 e. The van der Waals surface area contributed by atoms with E-state index >= 15 is 0 Å². The Kier molecular flexibility index (Phi) is 4.69. The number of esters is 1. The predicted octanol–water partition coefficient (Wildman–Crippen LogP) is 3.94. The number of methoxy groups -OCH3 is 2. The number of carbonyl (C=O) groups excluding carboxylic acids is 1. The second-order valence-corrected chi connectivity index (χ2v) is 5.39. The first-order valence-corrected chi connectivity index (χ1v) is 6.96. The molecule has 2 aromatic rings. The minimum absolute atomic E-state index is 0.302. The van der Waals surface area contributed by atoms with E-state index in [1.165, 1.54) is 7.11 Å². The summed E-state index contributed by atoms with van der Waals surface area (Å²) in [6, 6.07) is 13.6. The van der Waals surface area contributed by atoms with Gasteiger partial charge in [0.25, 0.3) is 0 Å². The Morgan fingerprint density at radius 1 is 1.00 bits per heavy atom. The molecule has 0 saturated carbocycles. The Morgan fingerprint density at radius 2 is 1.65 bits per heavy atom. The van der Waals surface area contributed by atoms with Gasteiger partial charge in [0.05, 0.1) is 19.8 Å². The fourth-order valence-electron chi connectivity index (χ4n) is 1.82. The van der Waals surface area contributed by atoms with Crippen LogP contribution in [0.25, 0.3) is 0 Å². The summed E-state index contributed by atoms with van der Waals surface area (Å²) < 4.78 is 9.87. The van der Waals surface area contributed by atoms with Crippen LogP contribution in [0.1, 0.15) is 15.9 Å². The van der Waals surface area contributed by atoms with Gasteiger partial charge >= 0.3 is 5.97 Å². The Labute approximate surface area is 122 Å². The predicted molar refractivity (Wildman–Crippen MR) is 79.6 cm³/mol. The van der Waals surface area contributed by atoms with Gasteiger partial charge in [-0.15, -0.1) is 0 Å². The first kappa shape index (κ1) is 14.5. The quantitative estimate of drug-likeness (QED) is 0.798. The van der Waals surface area contributed by atoms with Crippen LogP contribution in [0, 0.1) is 6.92 Å². The van der Waals surface area contributed by atoms with Crippen molar-refractivity contribution in [3.63, 3.8) is 0 Å². The smallest absolute Gasteiger partial charge is 0.338 e. The average Bonchev–Trinajstić information content (AvgIpc) is 2.47. The third-order valence-electron chi connectivity index (χ3n) is 2.90. The number of hydrogen-bond donors (Lipinski definition) is 0. The van der Waals surface area contributed by atoms with Crippen LogP contribution in [0.5, 0.6) is 5.75 Å². The van der Waals surface area contributed by atoms with Gasteiger partial charge in [0.1, 0.15) is 5.75 Å². The molecule has 0 aliphatic heterocycles. The zero-order valence-corrected chi connectivity index (χ0v) is 12.5. The van der Waals surface area contributed by atoms with Crippen molar-refractivity contribution in [2.75, 3.05) is 14.2 Å². The molecule has 0 fully saturated rings. The molecule has 0 aliphatic carbocycles. The number of ether oxygens (including phenoxy) is 2. The molecule has 0 N–H and O–H groups in total. The zero-order chi connectivity index (χ0) is 14.5. The lowest BCUT2D eigenvalue weighted by molar-refractivity contribution is 0.0600. The highest BCUT2D eigenvalue weighted by atomic mass is 32.2. The first-order chi connectivity index (χ1) is 9.63. The molecule has 3 nitrogen and oxygen atoms in total. The third-order valence-corrected chi connectivity index (χ3v) is 3.90. The molecule has 0 heterocycles. The van der Waals surface area contributed by atoms with Crippen LogP contribution < -0.4 is 4.74 Å². The molecule has 0 aromatic heterocycles. The molecule has 0 radical (unpaired) electrons. The van der Waals surface area contributed by atoms with Gasteiger partial charge in [0, 0.05) is 9.79 Å². The topological polar surface area (TPSA) is 35.5 Å². The van der Waals surface area contributed by atoms with E-state index < -0.39 is 0 Å². The van der Waals surface area contributed by atoms with Crippen LogP contribution in [0.2, 0.25) is 0 Å². The Bertz CT molecular complexity index is 606. The largest absolute Gasteiger partial charge is 0.497 e. The number of carbonyl (C=O) groups is 1. The molecular weight excluding hydrogens is 272 g/mol. The van der Waals surface area contributed by atoms with Crippen molar-refractivity contribution in [2.45, 2.75) is 16.7 Å². The number of rotatable bonds is 4. The van der Waals surface area contributed by atoms with Crippen molar-refractivity contribution in [3.05, 3.63) is 53.6 Å². The molecule has 0 unspecified atom stereocenters. The van der Waals surface area contributed by atoms with Crippen molar-refractivity contribution < 1.29 is 14.3 Å². The van der Waals surface area contributed by atoms with Gasteiger partial charge in [0.15, 0.2) is 0 Å². The van der Waals surface area contributed by atoms with Gasteiger partial charge in [-0.1, -0.05) is 11.8 Å². The molecule has 2 rings (SSSR count). The lowest BCUT2D eigenvalue weighted by atomic mass is 10.1. The maximum absolute atomic E-state index is 11.5. The molecule has 104 valence electrons. The van der Waals surface area contributed by atoms with E-state index in [0.717, 1.165) is 21.1 Å². The van der Waals surface area contributed by atoms with Gasteiger partial charge in [0.2, 0.25) is 0 Å². The zero-order valence-electron chi connectivity index (χ0n) is 11.7. The van der Waals surface area contributed by atoms with Crippen LogP contribution in [0.4, 0.5) is 0 Å². The second kappa shape index (κ2) is 6.48. The van der Waals surface area contributed by atoms with Crippen molar-refractivity contribution in [1.29, 1.82) is 0 Å². The maximum Gasteiger partial charge on any atom is 0.338 e. The van der Waals surface area contributed by atoms with E-state index in [1.807, 2.05) is 43.3 Å². The molecule has 0 spiro atoms. The van der Waals surface area contributed by atoms with Crippen LogP contribution >= 0.6 is 11.8 Å². The first-order valence-electron chi connectivity index (χ1n) is 6.15. The molecule has 2 aromatic carbocycles. The highest BCUT2D eigenvalue weighted by Gasteiger charge is 2.09. The molecule has 20 heavy (non-hydrogen) atoms. The summed E-state index contributed by atoms with van der Waals surface area (Å²) in [5.74, 6) is 0.537. The number of aryl methyl sites for hydroxylation is 1. The summed E-state index contributed by atoms with van der Waals surface area (Å²) in [5.41, 5.74) is 1.52. The Balaban J connectivity index is 2.17. The van der Waals surface area contributed by atoms with Gasteiger partial charge in [-0.05, 0) is 55.0 Å². The lowest BCUT2D eigenvalue weighted by Crippen LogP contribution is -2.03. The number of hydrogen-bond acceptors (Lipinski definition) is 4. The van der Waals surface area contributed by atoms with Crippen LogP contribution in [-0.4, -0.2) is 20.2 Å². The van der Waals surface area contributed by atoms with Crippen LogP contribution in [-0.2, 0) is 4.74 Å². The van der Waals surface area contributed by atoms with E-state index in [0.29, 0.717) is 5.56 Å². The van der Waals surface area contributed by atoms with Crippen molar-refractivity contribution in [1.82, 2.24) is 0 Å². The van der Waals surface area contributed by atoms with E-state index in [4.69, 9.17) is 9.47 Å². The maximum atomic E-state index is 11.5. The Morgan fingerprint density at radius 3 is 2.20 bits per heavy atom. The molecule has 0 saturated heterocycles. The van der Waals surface area contributed by atoms with Crippen molar-refractivity contribution in [3.8, 4) is 5.75 Å². The molecule has 0 aliphatic rings. The second-order valence-electron chi connectivity index (χ2n) is 4.25. The fourth-order valence-corrected chi connectivity index (χ4v) is 2.73. The van der Waals surface area contributed by atoms with Crippen molar-refractivity contribution in [2.24, 2.45) is 0 Å². The molecule has 0 atom stereocenters. The van der Waals surface area contributed by atoms with Gasteiger partial charge < -0.3 is 9.47 Å². The summed E-state index contributed by atoms with van der Waals surface area (Å²) in [6.07, 6.45) is 0. The van der Waals surface area contributed by atoms with E-state index in [-0.39, 0.29) is 5.97 Å². The van der Waals surface area contributed by atoms with Crippen LogP contribution in [0.3, 0.4) is 0 Å². The fraction of sp³-hybridized carbons (Fsp3) is 0.188. The summed E-state index contributed by atoms with van der Waals surface area (Å²) in [4.78, 5) is 13.7. The molecule has 0 bridgehead atoms. The van der Waals surface area contributed by atoms with Gasteiger partial charge in [-0.3, -0.25) is 0 Å². The standard InChI is InChI=1S/C16H16O3S/c1-11-10-14(8-9-15(11)16(17)19-3)20-13-6-4-12(18-2)5-7-13/h4-10H,1-3H3. The Hall–Kier alpha value is -1.94. The van der Waals surface area contributed by atoms with Crippen LogP contribution in [0.15, 0.2) is 52.3 Å². The third kappa shape index (κ3) is 3.33. The summed E-state index contributed by atoms with van der Waals surface area (Å²) in [5, 5.41) is 0. The monoisotopic (exact) mass is 288 g/mol. The summed E-state index contributed by atoms with van der Waals surface area (Å²) >= 11 is 1.64. The summed E-state index contributed by atoms with van der Waals surface area (Å²) in [7, 11) is 3.04. The molecule has 0 amide bonds. The highest BCUT2D eigenvalue weighted by Crippen LogP contribution is 2.30.